The van der Waals surface area contributed by atoms with Crippen molar-refractivity contribution >= 4 is 0 Å². The van der Waals surface area contributed by atoms with E-state index in [4.69, 9.17) is 5.73 Å². The molecular formula is C13H23N3. The molecule has 1 rings (SSSR count). The van der Waals surface area contributed by atoms with Gasteiger partial charge in [-0.1, -0.05) is 12.7 Å². The molecule has 3 nitrogen and oxygen atoms in total. The Balaban J connectivity index is 2.61. The molecule has 0 aromatic carbocycles. The first-order valence-electron chi connectivity index (χ1n) is 5.77. The van der Waals surface area contributed by atoms with Crippen LogP contribution in [0.2, 0.25) is 0 Å². The van der Waals surface area contributed by atoms with Crippen molar-refractivity contribution in [3.8, 4) is 0 Å². The van der Waals surface area contributed by atoms with Crippen molar-refractivity contribution in [3.63, 3.8) is 0 Å². The number of piperazine rings is 1. The monoisotopic (exact) mass is 221 g/mol. The van der Waals surface area contributed by atoms with Gasteiger partial charge in [0.1, 0.15) is 0 Å². The van der Waals surface area contributed by atoms with Gasteiger partial charge in [-0.2, -0.15) is 0 Å². The van der Waals surface area contributed by atoms with Crippen LogP contribution in [0.1, 0.15) is 13.8 Å². The molecule has 0 bridgehead atoms. The van der Waals surface area contributed by atoms with Crippen LogP contribution < -0.4 is 5.73 Å². The Kier molecular flexibility index (Phi) is 4.62. The predicted octanol–water partition coefficient (Wildman–Crippen LogP) is 1.56. The highest BCUT2D eigenvalue weighted by Gasteiger charge is 2.15. The number of likely N-dealkylation sites (N-methyl/N-ethyl adjacent to an activating group) is 1. The Morgan fingerprint density at radius 3 is 2.31 bits per heavy atom. The third-order valence-corrected chi connectivity index (χ3v) is 3.06. The molecule has 0 atom stereocenters. The highest BCUT2D eigenvalue weighted by molar-refractivity contribution is 5.32. The molecule has 0 aromatic heterocycles. The second-order valence-electron chi connectivity index (χ2n) is 4.35. The molecule has 0 radical (unpaired) electrons. The standard InChI is InChI=1S/C13H23N3/c1-5-13(14)10-11(2)12(3)16-8-6-15(4)7-9-16/h5,10H,3,6-9,14H2,1-2,4H3/b11-10+,13-5+. The lowest BCUT2D eigenvalue weighted by molar-refractivity contribution is 0.189. The van der Waals surface area contributed by atoms with Crippen LogP contribution >= 0.6 is 0 Å². The van der Waals surface area contributed by atoms with E-state index in [9.17, 15) is 0 Å². The molecular weight excluding hydrogens is 198 g/mol. The number of hydrogen-bond acceptors (Lipinski definition) is 3. The summed E-state index contributed by atoms with van der Waals surface area (Å²) in [4.78, 5) is 4.66. The SMILES string of the molecule is C=C(/C(C)=C/C(N)=C\C)N1CCN(C)CC1. The Bertz CT molecular complexity index is 307. The van der Waals surface area contributed by atoms with Crippen molar-refractivity contribution in [2.45, 2.75) is 13.8 Å². The molecule has 0 aromatic rings. The fraction of sp³-hybridized carbons (Fsp3) is 0.538. The number of hydrogen-bond donors (Lipinski definition) is 1. The van der Waals surface area contributed by atoms with Crippen molar-refractivity contribution in [2.24, 2.45) is 5.73 Å². The van der Waals surface area contributed by atoms with Crippen LogP contribution in [0.3, 0.4) is 0 Å². The molecule has 1 aliphatic rings. The highest BCUT2D eigenvalue weighted by atomic mass is 15.2. The van der Waals surface area contributed by atoms with Gasteiger partial charge in [0.15, 0.2) is 0 Å². The van der Waals surface area contributed by atoms with Crippen LogP contribution in [0.15, 0.2) is 35.7 Å². The van der Waals surface area contributed by atoms with Crippen LogP contribution in [0, 0.1) is 0 Å². The summed E-state index contributed by atoms with van der Waals surface area (Å²) in [6.45, 7) is 12.5. The van der Waals surface area contributed by atoms with E-state index in [0.717, 1.165) is 43.1 Å². The van der Waals surface area contributed by atoms with Crippen molar-refractivity contribution < 1.29 is 0 Å². The van der Waals surface area contributed by atoms with Gasteiger partial charge in [-0.15, -0.1) is 0 Å². The molecule has 90 valence electrons. The van der Waals surface area contributed by atoms with Crippen molar-refractivity contribution in [1.82, 2.24) is 9.80 Å². The Labute approximate surface area is 98.9 Å². The van der Waals surface area contributed by atoms with Crippen LogP contribution in [0.25, 0.3) is 0 Å². The summed E-state index contributed by atoms with van der Waals surface area (Å²) in [5.41, 5.74) is 8.83. The number of nitrogens with zero attached hydrogens (tertiary/aromatic N) is 2. The Morgan fingerprint density at radius 2 is 1.81 bits per heavy atom. The van der Waals surface area contributed by atoms with E-state index in [0.29, 0.717) is 0 Å². The molecule has 1 saturated heterocycles. The Hall–Kier alpha value is -1.22. The summed E-state index contributed by atoms with van der Waals surface area (Å²) in [7, 11) is 2.15. The lowest BCUT2D eigenvalue weighted by Crippen LogP contribution is -2.43. The van der Waals surface area contributed by atoms with E-state index in [1.807, 2.05) is 19.1 Å². The molecule has 0 unspecified atom stereocenters. The zero-order valence-electron chi connectivity index (χ0n) is 10.7. The van der Waals surface area contributed by atoms with Crippen LogP contribution in [-0.2, 0) is 0 Å². The maximum Gasteiger partial charge on any atom is 0.0324 e. The summed E-state index contributed by atoms with van der Waals surface area (Å²) in [6.07, 6.45) is 3.89. The molecule has 2 N–H and O–H groups in total. The zero-order valence-corrected chi connectivity index (χ0v) is 10.7. The van der Waals surface area contributed by atoms with Gasteiger partial charge >= 0.3 is 0 Å². The third-order valence-electron chi connectivity index (χ3n) is 3.06. The summed E-state index contributed by atoms with van der Waals surface area (Å²) >= 11 is 0. The first-order valence-corrected chi connectivity index (χ1v) is 5.77. The lowest BCUT2D eigenvalue weighted by atomic mass is 10.1. The van der Waals surface area contributed by atoms with Gasteiger partial charge in [0.2, 0.25) is 0 Å². The fourth-order valence-electron chi connectivity index (χ4n) is 1.74. The minimum atomic E-state index is 0.799. The van der Waals surface area contributed by atoms with Gasteiger partial charge < -0.3 is 15.5 Å². The smallest absolute Gasteiger partial charge is 0.0324 e. The summed E-state index contributed by atoms with van der Waals surface area (Å²) in [6, 6.07) is 0. The summed E-state index contributed by atoms with van der Waals surface area (Å²) < 4.78 is 0. The van der Waals surface area contributed by atoms with Crippen LogP contribution in [0.5, 0.6) is 0 Å². The van der Waals surface area contributed by atoms with Crippen molar-refractivity contribution in [3.05, 3.63) is 35.7 Å². The maximum atomic E-state index is 5.78. The topological polar surface area (TPSA) is 32.5 Å². The van der Waals surface area contributed by atoms with Gasteiger partial charge in [-0.3, -0.25) is 0 Å². The van der Waals surface area contributed by atoms with Gasteiger partial charge in [-0.25, -0.2) is 0 Å². The molecule has 1 aliphatic heterocycles. The van der Waals surface area contributed by atoms with Gasteiger partial charge in [-0.05, 0) is 32.5 Å². The number of allylic oxidation sites excluding steroid dienone is 3. The van der Waals surface area contributed by atoms with E-state index in [2.05, 4.69) is 30.4 Å². The first kappa shape index (κ1) is 12.8. The van der Waals surface area contributed by atoms with Gasteiger partial charge in [0.25, 0.3) is 0 Å². The predicted molar refractivity (Wildman–Crippen MR) is 69.9 cm³/mol. The molecule has 0 amide bonds. The van der Waals surface area contributed by atoms with E-state index < -0.39 is 0 Å². The van der Waals surface area contributed by atoms with E-state index in [1.165, 1.54) is 0 Å². The zero-order chi connectivity index (χ0) is 12.1. The molecule has 0 saturated carbocycles. The largest absolute Gasteiger partial charge is 0.399 e. The number of rotatable bonds is 3. The molecule has 1 heterocycles. The minimum Gasteiger partial charge on any atom is -0.399 e. The van der Waals surface area contributed by atoms with Crippen LogP contribution in [-0.4, -0.2) is 43.0 Å². The van der Waals surface area contributed by atoms with Gasteiger partial charge in [0.05, 0.1) is 0 Å². The van der Waals surface area contributed by atoms with E-state index in [1.54, 1.807) is 0 Å². The molecule has 0 aliphatic carbocycles. The summed E-state index contributed by atoms with van der Waals surface area (Å²) in [5, 5.41) is 0. The summed E-state index contributed by atoms with van der Waals surface area (Å²) in [5.74, 6) is 0. The average molecular weight is 221 g/mol. The van der Waals surface area contributed by atoms with Crippen molar-refractivity contribution in [1.29, 1.82) is 0 Å². The second kappa shape index (κ2) is 5.75. The van der Waals surface area contributed by atoms with Crippen molar-refractivity contribution in [2.75, 3.05) is 33.2 Å². The molecule has 1 fully saturated rings. The molecule has 16 heavy (non-hydrogen) atoms. The second-order valence-corrected chi connectivity index (χ2v) is 4.35. The lowest BCUT2D eigenvalue weighted by Gasteiger charge is -2.35. The van der Waals surface area contributed by atoms with Gasteiger partial charge in [0, 0.05) is 37.6 Å². The normalized spacial score (nSPS) is 20.1. The first-order chi connectivity index (χ1) is 7.54. The number of nitrogens with two attached hydrogens (primary N) is 1. The maximum absolute atomic E-state index is 5.78. The van der Waals surface area contributed by atoms with E-state index in [-0.39, 0.29) is 0 Å². The van der Waals surface area contributed by atoms with E-state index >= 15 is 0 Å². The van der Waals surface area contributed by atoms with Crippen LogP contribution in [0.4, 0.5) is 0 Å². The molecule has 0 spiro atoms. The third kappa shape index (κ3) is 3.42. The molecule has 3 heteroatoms. The quantitative estimate of drug-likeness (QED) is 0.734. The fourth-order valence-corrected chi connectivity index (χ4v) is 1.74. The Morgan fingerprint density at radius 1 is 1.25 bits per heavy atom. The highest BCUT2D eigenvalue weighted by Crippen LogP contribution is 2.15. The minimum absolute atomic E-state index is 0.799. The average Bonchev–Trinajstić information content (AvgIpc) is 2.28.